The lowest BCUT2D eigenvalue weighted by Gasteiger charge is -1.99. The minimum atomic E-state index is -0.831. The van der Waals surface area contributed by atoms with E-state index in [1.807, 2.05) is 6.07 Å². The van der Waals surface area contributed by atoms with E-state index in [2.05, 4.69) is 6.92 Å². The van der Waals surface area contributed by atoms with Crippen molar-refractivity contribution in [3.63, 3.8) is 0 Å². The summed E-state index contributed by atoms with van der Waals surface area (Å²) in [6.07, 6.45) is 2.12. The summed E-state index contributed by atoms with van der Waals surface area (Å²) in [5.74, 6) is -0.165. The van der Waals surface area contributed by atoms with E-state index in [1.165, 1.54) is 11.1 Å². The first-order valence-electron chi connectivity index (χ1n) is 4.52. The number of carboxylic acid groups (broad SMARTS) is 1. The molecule has 0 heterocycles. The Hall–Kier alpha value is -1.31. The number of hydrogen-bond acceptors (Lipinski definition) is 1. The van der Waals surface area contributed by atoms with Gasteiger partial charge in [-0.15, -0.1) is 0 Å². The highest BCUT2D eigenvalue weighted by Gasteiger charge is 2.18. The normalized spacial score (nSPS) is 19.9. The van der Waals surface area contributed by atoms with Gasteiger partial charge >= 0.3 is 5.97 Å². The van der Waals surface area contributed by atoms with Gasteiger partial charge in [-0.3, -0.25) is 0 Å². The predicted molar refractivity (Wildman–Crippen MR) is 50.0 cm³/mol. The Morgan fingerprint density at radius 2 is 2.08 bits per heavy atom. The van der Waals surface area contributed by atoms with E-state index in [4.69, 9.17) is 5.11 Å². The lowest BCUT2D eigenvalue weighted by atomic mass is 10.1. The Balaban J connectivity index is 2.40. The summed E-state index contributed by atoms with van der Waals surface area (Å²) in [4.78, 5) is 10.7. The van der Waals surface area contributed by atoms with Gasteiger partial charge in [0, 0.05) is 0 Å². The van der Waals surface area contributed by atoms with Crippen LogP contribution in [0.25, 0.3) is 0 Å². The van der Waals surface area contributed by atoms with Gasteiger partial charge in [-0.2, -0.15) is 0 Å². The molecule has 0 aromatic heterocycles. The van der Waals surface area contributed by atoms with Gasteiger partial charge < -0.3 is 5.11 Å². The fraction of sp³-hybridized carbons (Fsp3) is 0.364. The summed E-state index contributed by atoms with van der Waals surface area (Å²) < 4.78 is 0. The fourth-order valence-electron chi connectivity index (χ4n) is 1.97. The number of carbonyl (C=O) groups is 1. The van der Waals surface area contributed by atoms with Crippen LogP contribution in [-0.4, -0.2) is 11.1 Å². The molecule has 0 spiro atoms. The Kier molecular flexibility index (Phi) is 1.83. The molecule has 0 amide bonds. The molecular weight excluding hydrogens is 164 g/mol. The number of hydrogen-bond donors (Lipinski definition) is 1. The third kappa shape index (κ3) is 1.44. The van der Waals surface area contributed by atoms with E-state index in [0.29, 0.717) is 11.5 Å². The van der Waals surface area contributed by atoms with Crippen LogP contribution in [0.1, 0.15) is 28.4 Å². The maximum absolute atomic E-state index is 10.7. The lowest BCUT2D eigenvalue weighted by Crippen LogP contribution is -1.97. The van der Waals surface area contributed by atoms with E-state index < -0.39 is 5.97 Å². The maximum atomic E-state index is 10.7. The average molecular weight is 176 g/mol. The van der Waals surface area contributed by atoms with Crippen molar-refractivity contribution in [2.24, 2.45) is 5.92 Å². The van der Waals surface area contributed by atoms with Crippen LogP contribution in [0.2, 0.25) is 0 Å². The second-order valence-electron chi connectivity index (χ2n) is 3.80. The van der Waals surface area contributed by atoms with Crippen LogP contribution in [-0.2, 0) is 12.8 Å². The summed E-state index contributed by atoms with van der Waals surface area (Å²) in [5, 5.41) is 8.78. The number of fused-ring (bicyclic) bond motifs is 1. The quantitative estimate of drug-likeness (QED) is 0.711. The summed E-state index contributed by atoms with van der Waals surface area (Å²) in [6.45, 7) is 2.19. The molecule has 1 N–H and O–H groups in total. The van der Waals surface area contributed by atoms with Crippen LogP contribution in [0, 0.1) is 5.92 Å². The Bertz CT molecular complexity index is 355. The Labute approximate surface area is 77.2 Å². The molecule has 2 heteroatoms. The highest BCUT2D eigenvalue weighted by atomic mass is 16.4. The van der Waals surface area contributed by atoms with Crippen molar-refractivity contribution in [1.82, 2.24) is 0 Å². The maximum Gasteiger partial charge on any atom is 0.335 e. The molecule has 13 heavy (non-hydrogen) atoms. The molecule has 1 aromatic rings. The van der Waals surface area contributed by atoms with Gasteiger partial charge in [0.1, 0.15) is 0 Å². The standard InChI is InChI=1S/C11H12O2/c1-7-4-8-2-3-9(11(12)13)6-10(8)5-7/h2-3,6-7H,4-5H2,1H3,(H,12,13). The second kappa shape index (κ2) is 2.87. The SMILES string of the molecule is CC1Cc2ccc(C(=O)O)cc2C1. The Morgan fingerprint density at radius 3 is 2.77 bits per heavy atom. The lowest BCUT2D eigenvalue weighted by molar-refractivity contribution is 0.0697. The molecule has 0 saturated heterocycles. The largest absolute Gasteiger partial charge is 0.478 e. The molecule has 2 nitrogen and oxygen atoms in total. The third-order valence-electron chi connectivity index (χ3n) is 2.59. The van der Waals surface area contributed by atoms with Crippen LogP contribution < -0.4 is 0 Å². The third-order valence-corrected chi connectivity index (χ3v) is 2.59. The predicted octanol–water partition coefficient (Wildman–Crippen LogP) is 2.12. The van der Waals surface area contributed by atoms with Gasteiger partial charge in [0.2, 0.25) is 0 Å². The number of benzene rings is 1. The molecule has 1 aromatic carbocycles. The molecule has 2 rings (SSSR count). The van der Waals surface area contributed by atoms with Gasteiger partial charge in [-0.25, -0.2) is 4.79 Å². The second-order valence-corrected chi connectivity index (χ2v) is 3.80. The minimum absolute atomic E-state index is 0.410. The van der Waals surface area contributed by atoms with Crippen molar-refractivity contribution in [3.8, 4) is 0 Å². The van der Waals surface area contributed by atoms with Crippen molar-refractivity contribution in [2.45, 2.75) is 19.8 Å². The van der Waals surface area contributed by atoms with E-state index >= 15 is 0 Å². The van der Waals surface area contributed by atoms with E-state index in [9.17, 15) is 4.79 Å². The van der Waals surface area contributed by atoms with Crippen molar-refractivity contribution in [3.05, 3.63) is 34.9 Å². The molecule has 68 valence electrons. The first-order valence-corrected chi connectivity index (χ1v) is 4.52. The summed E-state index contributed by atoms with van der Waals surface area (Å²) >= 11 is 0. The van der Waals surface area contributed by atoms with Gasteiger partial charge in [0.15, 0.2) is 0 Å². The highest BCUT2D eigenvalue weighted by molar-refractivity contribution is 5.88. The van der Waals surface area contributed by atoms with E-state index in [-0.39, 0.29) is 0 Å². The zero-order chi connectivity index (χ0) is 9.42. The van der Waals surface area contributed by atoms with Gasteiger partial charge in [-0.1, -0.05) is 13.0 Å². The van der Waals surface area contributed by atoms with Crippen molar-refractivity contribution in [1.29, 1.82) is 0 Å². The highest BCUT2D eigenvalue weighted by Crippen LogP contribution is 2.26. The van der Waals surface area contributed by atoms with Gasteiger partial charge in [0.05, 0.1) is 5.56 Å². The molecule has 0 radical (unpaired) electrons. The molecule has 1 aliphatic carbocycles. The van der Waals surface area contributed by atoms with Gasteiger partial charge in [-0.05, 0) is 42.0 Å². The number of carboxylic acids is 1. The van der Waals surface area contributed by atoms with Crippen LogP contribution in [0.5, 0.6) is 0 Å². The molecular formula is C11H12O2. The first-order chi connectivity index (χ1) is 6.16. The molecule has 1 unspecified atom stereocenters. The minimum Gasteiger partial charge on any atom is -0.478 e. The summed E-state index contributed by atoms with van der Waals surface area (Å²) in [5.41, 5.74) is 2.94. The fourth-order valence-corrected chi connectivity index (χ4v) is 1.97. The van der Waals surface area contributed by atoms with E-state index in [1.54, 1.807) is 12.1 Å². The summed E-state index contributed by atoms with van der Waals surface area (Å²) in [7, 11) is 0. The summed E-state index contributed by atoms with van der Waals surface area (Å²) in [6, 6.07) is 5.45. The molecule has 1 atom stereocenters. The van der Waals surface area contributed by atoms with Crippen LogP contribution >= 0.6 is 0 Å². The molecule has 0 fully saturated rings. The monoisotopic (exact) mass is 176 g/mol. The van der Waals surface area contributed by atoms with Crippen LogP contribution in [0.3, 0.4) is 0 Å². The Morgan fingerprint density at radius 1 is 1.38 bits per heavy atom. The molecule has 0 saturated carbocycles. The smallest absolute Gasteiger partial charge is 0.335 e. The number of aromatic carboxylic acids is 1. The zero-order valence-corrected chi connectivity index (χ0v) is 7.58. The van der Waals surface area contributed by atoms with Crippen molar-refractivity contribution < 1.29 is 9.90 Å². The zero-order valence-electron chi connectivity index (χ0n) is 7.58. The molecule has 1 aliphatic rings. The first kappa shape index (κ1) is 8.30. The number of rotatable bonds is 1. The van der Waals surface area contributed by atoms with E-state index in [0.717, 1.165) is 12.8 Å². The average Bonchev–Trinajstić information content (AvgIpc) is 2.42. The van der Waals surface area contributed by atoms with Crippen LogP contribution in [0.4, 0.5) is 0 Å². The molecule has 0 bridgehead atoms. The van der Waals surface area contributed by atoms with Crippen molar-refractivity contribution in [2.75, 3.05) is 0 Å². The topological polar surface area (TPSA) is 37.3 Å². The molecule has 0 aliphatic heterocycles. The van der Waals surface area contributed by atoms with Crippen molar-refractivity contribution >= 4 is 5.97 Å². The van der Waals surface area contributed by atoms with Gasteiger partial charge in [0.25, 0.3) is 0 Å². The van der Waals surface area contributed by atoms with Crippen LogP contribution in [0.15, 0.2) is 18.2 Å².